The molecule has 2 rings (SSSR count). The largest absolute Gasteiger partial charge is 0.491 e. The van der Waals surface area contributed by atoms with Crippen LogP contribution in [0.5, 0.6) is 5.75 Å². The molecule has 0 saturated heterocycles. The number of anilines is 2. The third-order valence-electron chi connectivity index (χ3n) is 2.43. The van der Waals surface area contributed by atoms with E-state index in [0.29, 0.717) is 17.1 Å². The van der Waals surface area contributed by atoms with Crippen molar-refractivity contribution in [3.05, 3.63) is 42.2 Å². The van der Waals surface area contributed by atoms with E-state index in [0.717, 1.165) is 5.75 Å². The van der Waals surface area contributed by atoms with E-state index in [9.17, 15) is 4.79 Å². The van der Waals surface area contributed by atoms with Crippen LogP contribution in [-0.4, -0.2) is 17.0 Å². The van der Waals surface area contributed by atoms with Gasteiger partial charge >= 0.3 is 0 Å². The topological polar surface area (TPSA) is 80.1 Å². The average Bonchev–Trinajstić information content (AvgIpc) is 2.78. The number of ether oxygens (including phenoxy) is 1. The van der Waals surface area contributed by atoms with E-state index in [1.807, 2.05) is 26.0 Å². The second-order valence-corrected chi connectivity index (χ2v) is 4.49. The molecule has 0 saturated carbocycles. The summed E-state index contributed by atoms with van der Waals surface area (Å²) in [7, 11) is 0. The lowest BCUT2D eigenvalue weighted by molar-refractivity contribution is 0.102. The first-order valence-electron chi connectivity index (χ1n) is 6.06. The van der Waals surface area contributed by atoms with Gasteiger partial charge in [0.15, 0.2) is 0 Å². The van der Waals surface area contributed by atoms with Gasteiger partial charge in [-0.15, -0.1) is 0 Å². The SMILES string of the molecule is CC(C)Oc1ccc(NC(=O)c2cc(N)c[nH]2)cc1. The van der Waals surface area contributed by atoms with Gasteiger partial charge in [-0.1, -0.05) is 0 Å². The number of hydrogen-bond donors (Lipinski definition) is 3. The molecular weight excluding hydrogens is 242 g/mol. The van der Waals surface area contributed by atoms with Gasteiger partial charge in [0.25, 0.3) is 5.91 Å². The van der Waals surface area contributed by atoms with Gasteiger partial charge in [0.2, 0.25) is 0 Å². The van der Waals surface area contributed by atoms with E-state index in [4.69, 9.17) is 10.5 Å². The summed E-state index contributed by atoms with van der Waals surface area (Å²) in [5, 5.41) is 2.77. The molecule has 0 aliphatic heterocycles. The number of amides is 1. The zero-order chi connectivity index (χ0) is 13.8. The fourth-order valence-corrected chi connectivity index (χ4v) is 1.63. The fraction of sp³-hybridized carbons (Fsp3) is 0.214. The number of aromatic nitrogens is 1. The number of carbonyl (C=O) groups is 1. The molecule has 0 spiro atoms. The molecule has 0 aliphatic carbocycles. The fourth-order valence-electron chi connectivity index (χ4n) is 1.63. The summed E-state index contributed by atoms with van der Waals surface area (Å²) < 4.78 is 5.53. The minimum absolute atomic E-state index is 0.127. The predicted octanol–water partition coefficient (Wildman–Crippen LogP) is 2.64. The quantitative estimate of drug-likeness (QED) is 0.789. The Morgan fingerprint density at radius 1 is 1.32 bits per heavy atom. The maximum absolute atomic E-state index is 11.9. The molecule has 1 heterocycles. The Morgan fingerprint density at radius 2 is 2.00 bits per heavy atom. The smallest absolute Gasteiger partial charge is 0.272 e. The predicted molar refractivity (Wildman–Crippen MR) is 75.4 cm³/mol. The molecule has 1 amide bonds. The van der Waals surface area contributed by atoms with E-state index in [2.05, 4.69) is 10.3 Å². The molecule has 0 aliphatic rings. The monoisotopic (exact) mass is 259 g/mol. The molecular formula is C14H17N3O2. The van der Waals surface area contributed by atoms with Gasteiger partial charge in [-0.3, -0.25) is 4.79 Å². The molecule has 5 heteroatoms. The molecule has 0 radical (unpaired) electrons. The molecule has 5 nitrogen and oxygen atoms in total. The summed E-state index contributed by atoms with van der Waals surface area (Å²) in [5.41, 5.74) is 7.21. The van der Waals surface area contributed by atoms with Crippen LogP contribution in [0.1, 0.15) is 24.3 Å². The average molecular weight is 259 g/mol. The Hall–Kier alpha value is -2.43. The Kier molecular flexibility index (Phi) is 3.75. The Labute approximate surface area is 111 Å². The third kappa shape index (κ3) is 3.51. The highest BCUT2D eigenvalue weighted by atomic mass is 16.5. The van der Waals surface area contributed by atoms with E-state index in [1.54, 1.807) is 24.4 Å². The molecule has 0 atom stereocenters. The van der Waals surface area contributed by atoms with Crippen molar-refractivity contribution in [1.82, 2.24) is 4.98 Å². The van der Waals surface area contributed by atoms with Gasteiger partial charge in [-0.05, 0) is 44.2 Å². The first kappa shape index (κ1) is 13.0. The molecule has 1 aromatic carbocycles. The number of nitrogen functional groups attached to an aromatic ring is 1. The normalized spacial score (nSPS) is 10.5. The Balaban J connectivity index is 2.01. The number of H-pyrrole nitrogens is 1. The van der Waals surface area contributed by atoms with Gasteiger partial charge in [-0.2, -0.15) is 0 Å². The molecule has 0 unspecified atom stereocenters. The van der Waals surface area contributed by atoms with Crippen molar-refractivity contribution in [2.75, 3.05) is 11.1 Å². The maximum atomic E-state index is 11.9. The summed E-state index contributed by atoms with van der Waals surface area (Å²) in [6.45, 7) is 3.93. The van der Waals surface area contributed by atoms with E-state index in [1.165, 1.54) is 0 Å². The van der Waals surface area contributed by atoms with Crippen LogP contribution in [0.15, 0.2) is 36.5 Å². The molecule has 1 aromatic heterocycles. The minimum Gasteiger partial charge on any atom is -0.491 e. The van der Waals surface area contributed by atoms with Gasteiger partial charge in [-0.25, -0.2) is 0 Å². The Morgan fingerprint density at radius 3 is 2.53 bits per heavy atom. The number of benzene rings is 1. The van der Waals surface area contributed by atoms with Crippen molar-refractivity contribution < 1.29 is 9.53 Å². The molecule has 0 bridgehead atoms. The zero-order valence-electron chi connectivity index (χ0n) is 10.9. The van der Waals surface area contributed by atoms with Crippen LogP contribution < -0.4 is 15.8 Å². The summed E-state index contributed by atoms with van der Waals surface area (Å²) in [6, 6.07) is 8.81. The van der Waals surface area contributed by atoms with Crippen LogP contribution in [0.2, 0.25) is 0 Å². The highest BCUT2D eigenvalue weighted by Crippen LogP contribution is 2.17. The van der Waals surface area contributed by atoms with Crippen LogP contribution in [0.4, 0.5) is 11.4 Å². The molecule has 19 heavy (non-hydrogen) atoms. The Bertz CT molecular complexity index is 558. The first-order chi connectivity index (χ1) is 9.04. The lowest BCUT2D eigenvalue weighted by Crippen LogP contribution is -2.12. The summed E-state index contributed by atoms with van der Waals surface area (Å²) in [6.07, 6.45) is 1.71. The number of rotatable bonds is 4. The van der Waals surface area contributed by atoms with Crippen molar-refractivity contribution in [2.45, 2.75) is 20.0 Å². The van der Waals surface area contributed by atoms with E-state index < -0.39 is 0 Å². The molecule has 4 N–H and O–H groups in total. The van der Waals surface area contributed by atoms with Crippen molar-refractivity contribution in [2.24, 2.45) is 0 Å². The number of carbonyl (C=O) groups excluding carboxylic acids is 1. The van der Waals surface area contributed by atoms with Gasteiger partial charge in [0.1, 0.15) is 11.4 Å². The number of aromatic amines is 1. The lowest BCUT2D eigenvalue weighted by atomic mass is 10.3. The van der Waals surface area contributed by atoms with Crippen LogP contribution in [0.3, 0.4) is 0 Å². The van der Waals surface area contributed by atoms with Crippen LogP contribution in [-0.2, 0) is 0 Å². The lowest BCUT2D eigenvalue weighted by Gasteiger charge is -2.10. The number of nitrogens with two attached hydrogens (primary N) is 1. The zero-order valence-corrected chi connectivity index (χ0v) is 10.9. The van der Waals surface area contributed by atoms with Crippen LogP contribution >= 0.6 is 0 Å². The third-order valence-corrected chi connectivity index (χ3v) is 2.43. The highest BCUT2D eigenvalue weighted by Gasteiger charge is 2.08. The van der Waals surface area contributed by atoms with Crippen molar-refractivity contribution in [3.63, 3.8) is 0 Å². The van der Waals surface area contributed by atoms with Gasteiger partial charge in [0, 0.05) is 17.6 Å². The maximum Gasteiger partial charge on any atom is 0.272 e. The van der Waals surface area contributed by atoms with Crippen molar-refractivity contribution >= 4 is 17.3 Å². The van der Waals surface area contributed by atoms with E-state index >= 15 is 0 Å². The van der Waals surface area contributed by atoms with Gasteiger partial charge in [0.05, 0.1) is 6.10 Å². The number of nitrogens with one attached hydrogen (secondary N) is 2. The van der Waals surface area contributed by atoms with E-state index in [-0.39, 0.29) is 12.0 Å². The molecule has 2 aromatic rings. The van der Waals surface area contributed by atoms with Gasteiger partial charge < -0.3 is 20.8 Å². The summed E-state index contributed by atoms with van der Waals surface area (Å²) >= 11 is 0. The van der Waals surface area contributed by atoms with Crippen molar-refractivity contribution in [3.8, 4) is 5.75 Å². The second kappa shape index (κ2) is 5.48. The first-order valence-corrected chi connectivity index (χ1v) is 6.06. The summed E-state index contributed by atoms with van der Waals surface area (Å²) in [5.74, 6) is 0.548. The standard InChI is InChI=1S/C14H17N3O2/c1-9(2)19-12-5-3-11(4-6-12)17-14(18)13-7-10(15)8-16-13/h3-9,16H,15H2,1-2H3,(H,17,18). The summed E-state index contributed by atoms with van der Waals surface area (Å²) in [4.78, 5) is 14.7. The molecule has 100 valence electrons. The highest BCUT2D eigenvalue weighted by molar-refractivity contribution is 6.03. The van der Waals surface area contributed by atoms with Crippen LogP contribution in [0.25, 0.3) is 0 Å². The second-order valence-electron chi connectivity index (χ2n) is 4.49. The van der Waals surface area contributed by atoms with Crippen molar-refractivity contribution in [1.29, 1.82) is 0 Å². The number of hydrogen-bond acceptors (Lipinski definition) is 3. The molecule has 0 fully saturated rings. The minimum atomic E-state index is -0.228. The van der Waals surface area contributed by atoms with Crippen LogP contribution in [0, 0.1) is 0 Å².